The second-order valence-electron chi connectivity index (χ2n) is 10.5. The molecule has 2 aliphatic rings. The highest BCUT2D eigenvalue weighted by Gasteiger charge is 2.44. The maximum atomic E-state index is 13.5. The second kappa shape index (κ2) is 11.7. The smallest absolute Gasteiger partial charge is 0.468 e. The Morgan fingerprint density at radius 1 is 1.18 bits per heavy atom. The molecular weight excluding hydrogens is 519 g/mol. The van der Waals surface area contributed by atoms with E-state index in [1.165, 1.54) is 11.1 Å². The van der Waals surface area contributed by atoms with Crippen LogP contribution in [0.15, 0.2) is 34.9 Å². The maximum Gasteiger partial charge on any atom is 0.468 e. The molecule has 0 saturated carbocycles. The van der Waals surface area contributed by atoms with Gasteiger partial charge in [0.15, 0.2) is 12.1 Å². The molecule has 214 valence electrons. The summed E-state index contributed by atoms with van der Waals surface area (Å²) in [5.41, 5.74) is -0.852. The van der Waals surface area contributed by atoms with Crippen molar-refractivity contribution in [1.29, 1.82) is 0 Å². The van der Waals surface area contributed by atoms with Gasteiger partial charge in [-0.15, -0.1) is 0 Å². The Bertz CT molecular complexity index is 1170. The minimum Gasteiger partial charge on any atom is -0.492 e. The van der Waals surface area contributed by atoms with Crippen LogP contribution in [0.1, 0.15) is 55.4 Å². The van der Waals surface area contributed by atoms with Gasteiger partial charge in [-0.05, 0) is 38.1 Å². The number of aliphatic hydroxyl groups excluding tert-OH is 1. The molecule has 1 aromatic heterocycles. The molecule has 1 amide bonds. The zero-order valence-electron chi connectivity index (χ0n) is 22.5. The van der Waals surface area contributed by atoms with Crippen molar-refractivity contribution in [2.75, 3.05) is 46.0 Å². The molecule has 1 unspecified atom stereocenters. The predicted octanol–water partition coefficient (Wildman–Crippen LogP) is 3.92. The number of nitrogens with zero attached hydrogens (tertiary/aromatic N) is 3. The van der Waals surface area contributed by atoms with Crippen molar-refractivity contribution in [3.8, 4) is 5.75 Å². The lowest BCUT2D eigenvalue weighted by atomic mass is 9.87. The van der Waals surface area contributed by atoms with Crippen LogP contribution in [0.3, 0.4) is 0 Å². The molecule has 2 aromatic rings. The summed E-state index contributed by atoms with van der Waals surface area (Å²) in [6, 6.07) is 6.63. The highest BCUT2D eigenvalue weighted by Crippen LogP contribution is 2.41. The lowest BCUT2D eigenvalue weighted by Crippen LogP contribution is -2.38. The van der Waals surface area contributed by atoms with Crippen LogP contribution in [0, 0.1) is 0 Å². The summed E-state index contributed by atoms with van der Waals surface area (Å²) in [6.45, 7) is 11.0. The monoisotopic (exact) mass is 553 g/mol. The second-order valence-corrected chi connectivity index (χ2v) is 10.5. The number of halogens is 3. The Hall–Kier alpha value is -2.93. The standard InChI is InChI=1S/C27H34F3N3O6/c1-17(2)38-24(35)20-15-33(16-26(3,4)22-21(20)39-25(31-22)27(28,29)30)23(34)18-5-7-19(8-6-18)37-14-11-32-9-12-36-13-10-32/h5-8,15,17,24,35H,9-14,16H2,1-4H3. The zero-order chi connectivity index (χ0) is 28.4. The Morgan fingerprint density at radius 3 is 2.46 bits per heavy atom. The third-order valence-corrected chi connectivity index (χ3v) is 6.44. The number of ether oxygens (including phenoxy) is 3. The van der Waals surface area contributed by atoms with Gasteiger partial charge in [-0.2, -0.15) is 13.2 Å². The van der Waals surface area contributed by atoms with Gasteiger partial charge in [0.1, 0.15) is 12.4 Å². The fourth-order valence-electron chi connectivity index (χ4n) is 4.48. The molecule has 1 fully saturated rings. The summed E-state index contributed by atoms with van der Waals surface area (Å²) in [7, 11) is 0. The quantitative estimate of drug-likeness (QED) is 0.492. The number of morpholine rings is 1. The number of carbonyl (C=O) groups excluding carboxylic acids is 1. The number of alkyl halides is 3. The number of aliphatic hydroxyl groups is 1. The normalized spacial score (nSPS) is 18.9. The molecule has 1 N–H and O–H groups in total. The van der Waals surface area contributed by atoms with Crippen LogP contribution >= 0.6 is 0 Å². The van der Waals surface area contributed by atoms with Gasteiger partial charge in [0.25, 0.3) is 5.91 Å². The third-order valence-electron chi connectivity index (χ3n) is 6.44. The lowest BCUT2D eigenvalue weighted by Gasteiger charge is -2.28. The minimum atomic E-state index is -4.82. The maximum absolute atomic E-state index is 13.5. The summed E-state index contributed by atoms with van der Waals surface area (Å²) in [4.78, 5) is 20.8. The van der Waals surface area contributed by atoms with E-state index < -0.39 is 35.8 Å². The predicted molar refractivity (Wildman–Crippen MR) is 135 cm³/mol. The number of fused-ring (bicyclic) bond motifs is 1. The number of amides is 1. The molecule has 12 heteroatoms. The Balaban J connectivity index is 1.56. The first kappa shape index (κ1) is 29.1. The van der Waals surface area contributed by atoms with E-state index in [1.54, 1.807) is 52.0 Å². The summed E-state index contributed by atoms with van der Waals surface area (Å²) in [5.74, 6) is -1.50. The summed E-state index contributed by atoms with van der Waals surface area (Å²) in [5, 5.41) is 10.8. The van der Waals surface area contributed by atoms with Crippen molar-refractivity contribution in [3.05, 3.63) is 53.4 Å². The number of benzene rings is 1. The fraction of sp³-hybridized carbons (Fsp3) is 0.556. The molecule has 0 spiro atoms. The molecule has 39 heavy (non-hydrogen) atoms. The van der Waals surface area contributed by atoms with E-state index in [4.69, 9.17) is 18.6 Å². The molecule has 4 rings (SSSR count). The Morgan fingerprint density at radius 2 is 1.85 bits per heavy atom. The van der Waals surface area contributed by atoms with Gasteiger partial charge in [0, 0.05) is 43.4 Å². The van der Waals surface area contributed by atoms with Crippen LogP contribution in [0.25, 0.3) is 5.57 Å². The van der Waals surface area contributed by atoms with E-state index in [1.807, 2.05) is 0 Å². The van der Waals surface area contributed by atoms with E-state index >= 15 is 0 Å². The molecular formula is C27H34F3N3O6. The zero-order valence-corrected chi connectivity index (χ0v) is 22.5. The van der Waals surface area contributed by atoms with Crippen LogP contribution in [0.5, 0.6) is 5.75 Å². The van der Waals surface area contributed by atoms with Crippen LogP contribution in [-0.2, 0) is 21.1 Å². The topological polar surface area (TPSA) is 97.5 Å². The first-order valence-corrected chi connectivity index (χ1v) is 12.8. The van der Waals surface area contributed by atoms with E-state index in [0.717, 1.165) is 19.6 Å². The number of hydrogen-bond donors (Lipinski definition) is 1. The van der Waals surface area contributed by atoms with Gasteiger partial charge >= 0.3 is 12.1 Å². The number of carbonyl (C=O) groups is 1. The van der Waals surface area contributed by atoms with Gasteiger partial charge in [-0.1, -0.05) is 13.8 Å². The van der Waals surface area contributed by atoms with Gasteiger partial charge < -0.3 is 28.6 Å². The average Bonchev–Trinajstić information content (AvgIpc) is 3.30. The van der Waals surface area contributed by atoms with Crippen molar-refractivity contribution in [2.24, 2.45) is 0 Å². The van der Waals surface area contributed by atoms with E-state index in [-0.39, 0.29) is 23.6 Å². The van der Waals surface area contributed by atoms with Crippen molar-refractivity contribution in [1.82, 2.24) is 14.8 Å². The largest absolute Gasteiger partial charge is 0.492 e. The molecule has 3 heterocycles. The molecule has 1 atom stereocenters. The van der Waals surface area contributed by atoms with Crippen LogP contribution in [-0.4, -0.2) is 84.2 Å². The first-order valence-electron chi connectivity index (χ1n) is 12.8. The SMILES string of the molecule is CC(C)OC(O)C1=CN(C(=O)c2ccc(OCCN3CCOCC3)cc2)CC(C)(C)c2nc(C(F)(F)F)oc21. The van der Waals surface area contributed by atoms with E-state index in [2.05, 4.69) is 9.88 Å². The number of aromatic nitrogens is 1. The fourth-order valence-corrected chi connectivity index (χ4v) is 4.48. The Labute approximate surface area is 225 Å². The average molecular weight is 554 g/mol. The molecule has 0 bridgehead atoms. The molecule has 2 aliphatic heterocycles. The molecule has 0 radical (unpaired) electrons. The van der Waals surface area contributed by atoms with E-state index in [9.17, 15) is 23.1 Å². The van der Waals surface area contributed by atoms with Gasteiger partial charge in [0.05, 0.1) is 30.6 Å². The van der Waals surface area contributed by atoms with Crippen molar-refractivity contribution in [3.63, 3.8) is 0 Å². The van der Waals surface area contributed by atoms with Crippen molar-refractivity contribution >= 4 is 11.5 Å². The molecule has 9 nitrogen and oxygen atoms in total. The van der Waals surface area contributed by atoms with Crippen LogP contribution in [0.2, 0.25) is 0 Å². The highest BCUT2D eigenvalue weighted by molar-refractivity contribution is 5.96. The van der Waals surface area contributed by atoms with E-state index in [0.29, 0.717) is 31.1 Å². The van der Waals surface area contributed by atoms with Crippen LogP contribution in [0.4, 0.5) is 13.2 Å². The van der Waals surface area contributed by atoms with Crippen molar-refractivity contribution in [2.45, 2.75) is 51.7 Å². The first-order chi connectivity index (χ1) is 18.3. The van der Waals surface area contributed by atoms with Gasteiger partial charge in [0.2, 0.25) is 0 Å². The summed E-state index contributed by atoms with van der Waals surface area (Å²) in [6.07, 6.45) is -5.64. The highest BCUT2D eigenvalue weighted by atomic mass is 19.4. The lowest BCUT2D eigenvalue weighted by molar-refractivity contribution is -0.157. The van der Waals surface area contributed by atoms with Gasteiger partial charge in [-0.3, -0.25) is 9.69 Å². The van der Waals surface area contributed by atoms with Crippen molar-refractivity contribution < 1.29 is 41.7 Å². The van der Waals surface area contributed by atoms with Gasteiger partial charge in [-0.25, -0.2) is 4.98 Å². The minimum absolute atomic E-state index is 0.0155. The number of hydrogen-bond acceptors (Lipinski definition) is 8. The number of oxazole rings is 1. The molecule has 0 aliphatic carbocycles. The molecule has 1 aromatic carbocycles. The third kappa shape index (κ3) is 6.99. The summed E-state index contributed by atoms with van der Waals surface area (Å²) < 4.78 is 62.1. The number of rotatable bonds is 8. The summed E-state index contributed by atoms with van der Waals surface area (Å²) >= 11 is 0. The van der Waals surface area contributed by atoms with Crippen LogP contribution < -0.4 is 4.74 Å². The Kier molecular flexibility index (Phi) is 8.69. The molecule has 1 saturated heterocycles.